The average Bonchev–Trinajstić information content (AvgIpc) is 2.29. The van der Waals surface area contributed by atoms with Crippen LogP contribution in [0.15, 0.2) is 0 Å². The Morgan fingerprint density at radius 2 is 2.11 bits per heavy atom. The van der Waals surface area contributed by atoms with Crippen molar-refractivity contribution in [1.29, 1.82) is 0 Å². The third kappa shape index (κ3) is 4.06. The molecular weight excluding hydrogens is 257 g/mol. The highest BCUT2D eigenvalue weighted by molar-refractivity contribution is 5.73. The zero-order chi connectivity index (χ0) is 13.8. The van der Waals surface area contributed by atoms with Gasteiger partial charge in [0, 0.05) is 26.1 Å². The lowest BCUT2D eigenvalue weighted by Gasteiger charge is -2.38. The van der Waals surface area contributed by atoms with Gasteiger partial charge >= 0.3 is 18.2 Å². The quantitative estimate of drug-likeness (QED) is 0.667. The molecule has 18 heavy (non-hydrogen) atoms. The Kier molecular flexibility index (Phi) is 4.76. The van der Waals surface area contributed by atoms with E-state index in [1.54, 1.807) is 0 Å². The van der Waals surface area contributed by atoms with Gasteiger partial charge < -0.3 is 20.1 Å². The number of hydrogen-bond acceptors (Lipinski definition) is 4. The summed E-state index contributed by atoms with van der Waals surface area (Å²) in [6.45, 7) is 3.20. The standard InChI is InChI=1S/C7H12N2O2.C2HF3O2/c10-7-9-3-2-8-5-6(9)1-4-11-7;3-2(4,5)1(6)7/h6,8H,1-5H2;(H,6,7). The van der Waals surface area contributed by atoms with E-state index in [9.17, 15) is 18.0 Å². The number of ether oxygens (including phenoxy) is 1. The van der Waals surface area contributed by atoms with Gasteiger partial charge in [-0.25, -0.2) is 9.59 Å². The molecule has 6 nitrogen and oxygen atoms in total. The first-order valence-electron chi connectivity index (χ1n) is 5.26. The van der Waals surface area contributed by atoms with Gasteiger partial charge in [-0.2, -0.15) is 13.2 Å². The highest BCUT2D eigenvalue weighted by atomic mass is 19.4. The minimum atomic E-state index is -5.08. The molecule has 2 aliphatic heterocycles. The van der Waals surface area contributed by atoms with E-state index in [-0.39, 0.29) is 6.09 Å². The number of cyclic esters (lactones) is 1. The number of carboxylic acids is 1. The molecule has 2 aliphatic rings. The molecular formula is C9H13F3N2O4. The number of halogens is 3. The summed E-state index contributed by atoms with van der Waals surface area (Å²) in [4.78, 5) is 21.8. The molecule has 1 unspecified atom stereocenters. The fourth-order valence-corrected chi connectivity index (χ4v) is 1.62. The van der Waals surface area contributed by atoms with Crippen molar-refractivity contribution in [2.45, 2.75) is 18.6 Å². The molecule has 0 saturated carbocycles. The third-order valence-corrected chi connectivity index (χ3v) is 2.50. The predicted molar refractivity (Wildman–Crippen MR) is 53.0 cm³/mol. The summed E-state index contributed by atoms with van der Waals surface area (Å²) in [5.41, 5.74) is 0. The molecule has 0 aromatic heterocycles. The molecule has 104 valence electrons. The second-order valence-electron chi connectivity index (χ2n) is 3.76. The van der Waals surface area contributed by atoms with E-state index in [1.807, 2.05) is 4.90 Å². The molecule has 0 spiro atoms. The lowest BCUT2D eigenvalue weighted by molar-refractivity contribution is -0.192. The number of carboxylic acid groups (broad SMARTS) is 1. The van der Waals surface area contributed by atoms with Crippen LogP contribution in [0.2, 0.25) is 0 Å². The number of hydrogen-bond donors (Lipinski definition) is 2. The van der Waals surface area contributed by atoms with E-state index >= 15 is 0 Å². The number of rotatable bonds is 0. The summed E-state index contributed by atoms with van der Waals surface area (Å²) in [6.07, 6.45) is -4.25. The topological polar surface area (TPSA) is 78.9 Å². The van der Waals surface area contributed by atoms with Crippen molar-refractivity contribution >= 4 is 12.1 Å². The molecule has 2 N–H and O–H groups in total. The van der Waals surface area contributed by atoms with Crippen LogP contribution in [0.3, 0.4) is 0 Å². The molecule has 0 radical (unpaired) electrons. The largest absolute Gasteiger partial charge is 0.490 e. The van der Waals surface area contributed by atoms with E-state index in [0.717, 1.165) is 26.1 Å². The summed E-state index contributed by atoms with van der Waals surface area (Å²) in [7, 11) is 0. The van der Waals surface area contributed by atoms with E-state index in [4.69, 9.17) is 14.6 Å². The van der Waals surface area contributed by atoms with Gasteiger partial charge in [-0.05, 0) is 0 Å². The molecule has 9 heteroatoms. The lowest BCUT2D eigenvalue weighted by Crippen LogP contribution is -2.56. The van der Waals surface area contributed by atoms with Gasteiger partial charge in [0.05, 0.1) is 12.6 Å². The summed E-state index contributed by atoms with van der Waals surface area (Å²) >= 11 is 0. The number of nitrogens with one attached hydrogen (secondary N) is 1. The van der Waals surface area contributed by atoms with Crippen LogP contribution in [0.25, 0.3) is 0 Å². The SMILES string of the molecule is O=C(O)C(F)(F)F.O=C1OCCC2CNCCN12. The predicted octanol–water partition coefficient (Wildman–Crippen LogP) is 0.434. The molecule has 0 aromatic carbocycles. The number of carbonyl (C=O) groups is 2. The van der Waals surface area contributed by atoms with Crippen LogP contribution in [-0.4, -0.2) is 60.5 Å². The minimum absolute atomic E-state index is 0.136. The number of aliphatic carboxylic acids is 1. The third-order valence-electron chi connectivity index (χ3n) is 2.50. The fourth-order valence-electron chi connectivity index (χ4n) is 1.62. The van der Waals surface area contributed by atoms with Crippen molar-refractivity contribution in [3.8, 4) is 0 Å². The number of nitrogens with zero attached hydrogens (tertiary/aromatic N) is 1. The molecule has 0 aromatic rings. The molecule has 1 atom stereocenters. The van der Waals surface area contributed by atoms with Gasteiger partial charge in [0.25, 0.3) is 0 Å². The van der Waals surface area contributed by atoms with Gasteiger partial charge in [0.15, 0.2) is 0 Å². The van der Waals surface area contributed by atoms with Crippen molar-refractivity contribution < 1.29 is 32.6 Å². The molecule has 2 fully saturated rings. The molecule has 1 amide bonds. The van der Waals surface area contributed by atoms with Gasteiger partial charge in [-0.3, -0.25) is 0 Å². The van der Waals surface area contributed by atoms with Crippen molar-refractivity contribution in [2.75, 3.05) is 26.2 Å². The number of amides is 1. The van der Waals surface area contributed by atoms with Crippen LogP contribution >= 0.6 is 0 Å². The first-order valence-corrected chi connectivity index (χ1v) is 5.26. The minimum Gasteiger partial charge on any atom is -0.475 e. The zero-order valence-corrected chi connectivity index (χ0v) is 9.37. The maximum Gasteiger partial charge on any atom is 0.490 e. The molecule has 2 heterocycles. The summed E-state index contributed by atoms with van der Waals surface area (Å²) < 4.78 is 36.6. The number of alkyl halides is 3. The number of piperazine rings is 1. The van der Waals surface area contributed by atoms with Gasteiger partial charge in [-0.1, -0.05) is 0 Å². The van der Waals surface area contributed by atoms with Crippen molar-refractivity contribution in [2.24, 2.45) is 0 Å². The molecule has 2 rings (SSSR count). The monoisotopic (exact) mass is 270 g/mol. The van der Waals surface area contributed by atoms with Gasteiger partial charge in [-0.15, -0.1) is 0 Å². The molecule has 2 saturated heterocycles. The van der Waals surface area contributed by atoms with Gasteiger partial charge in [0.2, 0.25) is 0 Å². The maximum absolute atomic E-state index is 11.1. The number of carbonyl (C=O) groups excluding carboxylic acids is 1. The summed E-state index contributed by atoms with van der Waals surface area (Å²) in [5, 5.41) is 10.4. The Morgan fingerprint density at radius 3 is 2.61 bits per heavy atom. The second kappa shape index (κ2) is 5.89. The normalized spacial score (nSPS) is 23.4. The summed E-state index contributed by atoms with van der Waals surface area (Å²) in [6, 6.07) is 0.380. The Labute approximate surface area is 101 Å². The fraction of sp³-hybridized carbons (Fsp3) is 0.778. The van der Waals surface area contributed by atoms with E-state index in [1.165, 1.54) is 0 Å². The van der Waals surface area contributed by atoms with Crippen LogP contribution in [0, 0.1) is 0 Å². The molecule has 0 aliphatic carbocycles. The molecule has 0 bridgehead atoms. The van der Waals surface area contributed by atoms with Gasteiger partial charge in [0.1, 0.15) is 0 Å². The van der Waals surface area contributed by atoms with E-state index in [0.29, 0.717) is 12.6 Å². The maximum atomic E-state index is 11.1. The Balaban J connectivity index is 0.000000203. The van der Waals surface area contributed by atoms with Crippen LogP contribution in [0.1, 0.15) is 6.42 Å². The highest BCUT2D eigenvalue weighted by Crippen LogP contribution is 2.14. The summed E-state index contributed by atoms with van der Waals surface area (Å²) in [5.74, 6) is -2.76. The lowest BCUT2D eigenvalue weighted by atomic mass is 10.1. The van der Waals surface area contributed by atoms with E-state index in [2.05, 4.69) is 5.32 Å². The van der Waals surface area contributed by atoms with Crippen LogP contribution in [0.4, 0.5) is 18.0 Å². The zero-order valence-electron chi connectivity index (χ0n) is 9.37. The first kappa shape index (κ1) is 14.6. The average molecular weight is 270 g/mol. The Hall–Kier alpha value is -1.51. The van der Waals surface area contributed by atoms with Crippen molar-refractivity contribution in [3.63, 3.8) is 0 Å². The highest BCUT2D eigenvalue weighted by Gasteiger charge is 2.38. The van der Waals surface area contributed by atoms with Crippen molar-refractivity contribution in [1.82, 2.24) is 10.2 Å². The van der Waals surface area contributed by atoms with Crippen LogP contribution in [-0.2, 0) is 9.53 Å². The Bertz CT molecular complexity index is 319. The van der Waals surface area contributed by atoms with E-state index < -0.39 is 12.1 Å². The second-order valence-corrected chi connectivity index (χ2v) is 3.76. The van der Waals surface area contributed by atoms with Crippen LogP contribution < -0.4 is 5.32 Å². The smallest absolute Gasteiger partial charge is 0.475 e. The first-order chi connectivity index (χ1) is 8.32. The van der Waals surface area contributed by atoms with Crippen molar-refractivity contribution in [3.05, 3.63) is 0 Å². The Morgan fingerprint density at radius 1 is 1.50 bits per heavy atom. The number of fused-ring (bicyclic) bond motifs is 1. The van der Waals surface area contributed by atoms with Crippen LogP contribution in [0.5, 0.6) is 0 Å².